The fourth-order valence-corrected chi connectivity index (χ4v) is 1.81. The lowest BCUT2D eigenvalue weighted by Crippen LogP contribution is -2.40. The highest BCUT2D eigenvalue weighted by molar-refractivity contribution is 6.13. The fourth-order valence-electron chi connectivity index (χ4n) is 1.81. The Morgan fingerprint density at radius 1 is 0.684 bits per heavy atom. The highest BCUT2D eigenvalue weighted by Gasteiger charge is 2.23. The van der Waals surface area contributed by atoms with E-state index in [1.54, 1.807) is 0 Å². The Bertz CT molecular complexity index is 415. The standard InChI is InChI=1S/C12H13N3O4/c16-9-1-2-10(17)14(9)7-5-13-6-8-15-11(18)3-4-12(15)19/h1-4,13H,5-8H2. The summed E-state index contributed by atoms with van der Waals surface area (Å²) in [6.45, 7) is 1.38. The summed E-state index contributed by atoms with van der Waals surface area (Å²) in [4.78, 5) is 47.2. The fraction of sp³-hybridized carbons (Fsp3) is 0.333. The van der Waals surface area contributed by atoms with E-state index in [0.717, 1.165) is 9.80 Å². The first kappa shape index (κ1) is 13.2. The molecule has 0 aliphatic carbocycles. The number of carbonyl (C=O) groups is 4. The molecular formula is C12H13N3O4. The van der Waals surface area contributed by atoms with Gasteiger partial charge in [-0.25, -0.2) is 0 Å². The maximum atomic E-state index is 11.2. The van der Waals surface area contributed by atoms with Gasteiger partial charge in [0.15, 0.2) is 0 Å². The van der Waals surface area contributed by atoms with Crippen molar-refractivity contribution >= 4 is 23.6 Å². The Morgan fingerprint density at radius 3 is 1.32 bits per heavy atom. The van der Waals surface area contributed by atoms with Crippen LogP contribution in [-0.4, -0.2) is 59.6 Å². The average molecular weight is 263 g/mol. The minimum atomic E-state index is -0.319. The van der Waals surface area contributed by atoms with Crippen molar-refractivity contribution in [3.63, 3.8) is 0 Å². The number of nitrogens with one attached hydrogen (secondary N) is 1. The van der Waals surface area contributed by atoms with Gasteiger partial charge in [0.25, 0.3) is 23.6 Å². The van der Waals surface area contributed by atoms with Crippen LogP contribution in [0.5, 0.6) is 0 Å². The molecule has 0 unspecified atom stereocenters. The van der Waals surface area contributed by atoms with Gasteiger partial charge in [0.05, 0.1) is 0 Å². The van der Waals surface area contributed by atoms with Crippen molar-refractivity contribution in [2.45, 2.75) is 0 Å². The molecule has 100 valence electrons. The number of imide groups is 2. The summed E-state index contributed by atoms with van der Waals surface area (Å²) in [7, 11) is 0. The molecular weight excluding hydrogens is 250 g/mol. The highest BCUT2D eigenvalue weighted by atomic mass is 16.2. The number of nitrogens with zero attached hydrogens (tertiary/aromatic N) is 2. The van der Waals surface area contributed by atoms with Crippen molar-refractivity contribution in [3.8, 4) is 0 Å². The average Bonchev–Trinajstić information content (AvgIpc) is 2.86. The van der Waals surface area contributed by atoms with E-state index in [9.17, 15) is 19.2 Å². The molecule has 0 spiro atoms. The number of amides is 4. The molecule has 0 aromatic carbocycles. The predicted octanol–water partition coefficient (Wildman–Crippen LogP) is -1.57. The first-order chi connectivity index (χ1) is 9.09. The molecule has 0 saturated heterocycles. The molecule has 0 fully saturated rings. The molecule has 0 aromatic rings. The van der Waals surface area contributed by atoms with E-state index in [4.69, 9.17) is 0 Å². The van der Waals surface area contributed by atoms with E-state index >= 15 is 0 Å². The first-order valence-electron chi connectivity index (χ1n) is 5.87. The lowest BCUT2D eigenvalue weighted by atomic mass is 10.4. The van der Waals surface area contributed by atoms with E-state index in [1.807, 2.05) is 0 Å². The quantitative estimate of drug-likeness (QED) is 0.462. The molecule has 7 nitrogen and oxygen atoms in total. The van der Waals surface area contributed by atoms with Crippen LogP contribution in [0.4, 0.5) is 0 Å². The monoisotopic (exact) mass is 263 g/mol. The highest BCUT2D eigenvalue weighted by Crippen LogP contribution is 2.03. The minimum absolute atomic E-state index is 0.269. The van der Waals surface area contributed by atoms with Gasteiger partial charge in [-0.2, -0.15) is 0 Å². The Balaban J connectivity index is 1.63. The van der Waals surface area contributed by atoms with Crippen molar-refractivity contribution in [3.05, 3.63) is 24.3 Å². The summed E-state index contributed by atoms with van der Waals surface area (Å²) in [6, 6.07) is 0. The van der Waals surface area contributed by atoms with Crippen LogP contribution in [0.3, 0.4) is 0 Å². The second-order valence-electron chi connectivity index (χ2n) is 4.07. The minimum Gasteiger partial charge on any atom is -0.313 e. The molecule has 2 rings (SSSR count). The number of hydrogen-bond donors (Lipinski definition) is 1. The molecule has 0 aromatic heterocycles. The third-order valence-electron chi connectivity index (χ3n) is 2.83. The second kappa shape index (κ2) is 5.57. The zero-order valence-electron chi connectivity index (χ0n) is 10.2. The maximum Gasteiger partial charge on any atom is 0.253 e. The maximum absolute atomic E-state index is 11.2. The van der Waals surface area contributed by atoms with E-state index in [1.165, 1.54) is 24.3 Å². The smallest absolute Gasteiger partial charge is 0.253 e. The first-order valence-corrected chi connectivity index (χ1v) is 5.87. The number of rotatable bonds is 6. The van der Waals surface area contributed by atoms with Gasteiger partial charge in [-0.1, -0.05) is 0 Å². The van der Waals surface area contributed by atoms with Crippen LogP contribution in [0.1, 0.15) is 0 Å². The Kier molecular flexibility index (Phi) is 3.86. The van der Waals surface area contributed by atoms with Gasteiger partial charge in [0.2, 0.25) is 0 Å². The lowest BCUT2D eigenvalue weighted by Gasteiger charge is -2.16. The zero-order valence-corrected chi connectivity index (χ0v) is 10.2. The van der Waals surface area contributed by atoms with Crippen LogP contribution < -0.4 is 5.32 Å². The van der Waals surface area contributed by atoms with Gasteiger partial charge in [-0.3, -0.25) is 29.0 Å². The molecule has 2 aliphatic rings. The van der Waals surface area contributed by atoms with Crippen LogP contribution in [0, 0.1) is 0 Å². The van der Waals surface area contributed by atoms with Crippen LogP contribution in [0.25, 0.3) is 0 Å². The number of hydrogen-bond acceptors (Lipinski definition) is 5. The van der Waals surface area contributed by atoms with Gasteiger partial charge in [0, 0.05) is 50.5 Å². The Hall–Kier alpha value is -2.28. The molecule has 2 aliphatic heterocycles. The summed E-state index contributed by atoms with van der Waals surface area (Å²) >= 11 is 0. The zero-order chi connectivity index (χ0) is 13.8. The van der Waals surface area contributed by atoms with Gasteiger partial charge in [0.1, 0.15) is 0 Å². The third kappa shape index (κ3) is 2.94. The van der Waals surface area contributed by atoms with Crippen molar-refractivity contribution in [2.75, 3.05) is 26.2 Å². The van der Waals surface area contributed by atoms with Crippen LogP contribution >= 0.6 is 0 Å². The summed E-state index contributed by atoms with van der Waals surface area (Å²) in [5.74, 6) is -1.27. The predicted molar refractivity (Wildman–Crippen MR) is 64.6 cm³/mol. The molecule has 7 heteroatoms. The van der Waals surface area contributed by atoms with E-state index in [2.05, 4.69) is 5.32 Å². The van der Waals surface area contributed by atoms with E-state index < -0.39 is 0 Å². The summed E-state index contributed by atoms with van der Waals surface area (Å²) < 4.78 is 0. The van der Waals surface area contributed by atoms with Gasteiger partial charge >= 0.3 is 0 Å². The molecule has 0 atom stereocenters. The van der Waals surface area contributed by atoms with Crippen molar-refractivity contribution in [2.24, 2.45) is 0 Å². The van der Waals surface area contributed by atoms with Crippen LogP contribution in [0.2, 0.25) is 0 Å². The summed E-state index contributed by atoms with van der Waals surface area (Å²) in [5, 5.41) is 2.97. The van der Waals surface area contributed by atoms with E-state index in [0.29, 0.717) is 13.1 Å². The topological polar surface area (TPSA) is 86.8 Å². The largest absolute Gasteiger partial charge is 0.313 e. The van der Waals surface area contributed by atoms with Crippen LogP contribution in [-0.2, 0) is 19.2 Å². The van der Waals surface area contributed by atoms with Crippen LogP contribution in [0.15, 0.2) is 24.3 Å². The molecule has 0 bridgehead atoms. The molecule has 2 heterocycles. The Morgan fingerprint density at radius 2 is 1.00 bits per heavy atom. The SMILES string of the molecule is O=C1C=CC(=O)N1CCNCCN1C(=O)C=CC1=O. The van der Waals surface area contributed by atoms with Gasteiger partial charge in [-0.15, -0.1) is 0 Å². The Labute approximate surface area is 109 Å². The lowest BCUT2D eigenvalue weighted by molar-refractivity contribution is -0.137. The summed E-state index contributed by atoms with van der Waals surface area (Å²) in [6.07, 6.45) is 4.93. The van der Waals surface area contributed by atoms with Gasteiger partial charge < -0.3 is 5.32 Å². The third-order valence-corrected chi connectivity index (χ3v) is 2.83. The normalized spacial score (nSPS) is 18.3. The molecule has 19 heavy (non-hydrogen) atoms. The van der Waals surface area contributed by atoms with Gasteiger partial charge in [-0.05, 0) is 0 Å². The van der Waals surface area contributed by atoms with Crippen molar-refractivity contribution in [1.29, 1.82) is 0 Å². The number of carbonyl (C=O) groups excluding carboxylic acids is 4. The van der Waals surface area contributed by atoms with Crippen molar-refractivity contribution < 1.29 is 19.2 Å². The molecule has 0 saturated carbocycles. The molecule has 0 radical (unpaired) electrons. The summed E-state index contributed by atoms with van der Waals surface area (Å²) in [5.41, 5.74) is 0. The van der Waals surface area contributed by atoms with E-state index in [-0.39, 0.29) is 36.7 Å². The molecule has 4 amide bonds. The second-order valence-corrected chi connectivity index (χ2v) is 4.07. The van der Waals surface area contributed by atoms with Crippen molar-refractivity contribution in [1.82, 2.24) is 15.1 Å². The molecule has 1 N–H and O–H groups in total.